The zero-order chi connectivity index (χ0) is 15.8. The molecule has 0 saturated carbocycles. The lowest BCUT2D eigenvalue weighted by atomic mass is 10.1. The van der Waals surface area contributed by atoms with E-state index in [-0.39, 0.29) is 25.0 Å². The lowest BCUT2D eigenvalue weighted by Crippen LogP contribution is -2.47. The summed E-state index contributed by atoms with van der Waals surface area (Å²) in [5, 5.41) is 11.3. The monoisotopic (exact) mass is 306 g/mol. The molecule has 1 aliphatic rings. The number of carboxylic acid groups (broad SMARTS) is 1. The molecule has 1 saturated heterocycles. The highest BCUT2D eigenvalue weighted by Gasteiger charge is 2.27. The Morgan fingerprint density at radius 3 is 2.73 bits per heavy atom. The highest BCUT2D eigenvalue weighted by Crippen LogP contribution is 2.14. The van der Waals surface area contributed by atoms with Gasteiger partial charge in [-0.15, -0.1) is 0 Å². The summed E-state index contributed by atoms with van der Waals surface area (Å²) >= 11 is 0. The van der Waals surface area contributed by atoms with Crippen molar-refractivity contribution in [1.29, 1.82) is 0 Å². The lowest BCUT2D eigenvalue weighted by molar-refractivity contribution is -0.136. The lowest BCUT2D eigenvalue weighted by Gasteiger charge is -2.28. The maximum Gasteiger partial charge on any atom is 0.317 e. The van der Waals surface area contributed by atoms with Crippen LogP contribution in [0, 0.1) is 0 Å². The fourth-order valence-electron chi connectivity index (χ4n) is 2.49. The van der Waals surface area contributed by atoms with Gasteiger partial charge in [0.2, 0.25) is 0 Å². The zero-order valence-corrected chi connectivity index (χ0v) is 12.5. The van der Waals surface area contributed by atoms with Gasteiger partial charge in [-0.05, 0) is 18.4 Å². The molecule has 0 spiro atoms. The minimum absolute atomic E-state index is 0.0635. The number of nitrogens with one attached hydrogen (secondary N) is 1. The molecule has 1 aromatic rings. The number of hydrogen-bond acceptors (Lipinski definition) is 3. The van der Waals surface area contributed by atoms with Crippen LogP contribution in [0.1, 0.15) is 18.4 Å². The SMILES string of the molecule is O=C(O)CCNC(=O)N(CCc1ccccc1)C1CCOC1. The van der Waals surface area contributed by atoms with Gasteiger partial charge in [0.05, 0.1) is 19.1 Å². The Bertz CT molecular complexity index is 486. The van der Waals surface area contributed by atoms with Gasteiger partial charge in [-0.1, -0.05) is 30.3 Å². The maximum absolute atomic E-state index is 12.3. The number of carbonyl (C=O) groups excluding carboxylic acids is 1. The molecule has 2 rings (SSSR count). The number of rotatable bonds is 7. The van der Waals surface area contributed by atoms with Crippen molar-refractivity contribution in [2.75, 3.05) is 26.3 Å². The predicted molar refractivity (Wildman–Crippen MR) is 81.7 cm³/mol. The van der Waals surface area contributed by atoms with Gasteiger partial charge < -0.3 is 20.1 Å². The highest BCUT2D eigenvalue weighted by molar-refractivity contribution is 5.75. The van der Waals surface area contributed by atoms with Crippen molar-refractivity contribution in [3.63, 3.8) is 0 Å². The number of benzene rings is 1. The highest BCUT2D eigenvalue weighted by atomic mass is 16.5. The normalized spacial score (nSPS) is 17.2. The van der Waals surface area contributed by atoms with Crippen molar-refractivity contribution >= 4 is 12.0 Å². The summed E-state index contributed by atoms with van der Waals surface area (Å²) < 4.78 is 5.37. The third kappa shape index (κ3) is 5.04. The summed E-state index contributed by atoms with van der Waals surface area (Å²) in [7, 11) is 0. The Labute approximate surface area is 130 Å². The van der Waals surface area contributed by atoms with Crippen LogP contribution in [0.2, 0.25) is 0 Å². The second-order valence-corrected chi connectivity index (χ2v) is 5.32. The van der Waals surface area contributed by atoms with Crippen molar-refractivity contribution in [1.82, 2.24) is 10.2 Å². The molecule has 0 aromatic heterocycles. The van der Waals surface area contributed by atoms with Crippen molar-refractivity contribution < 1.29 is 19.4 Å². The van der Waals surface area contributed by atoms with Crippen molar-refractivity contribution in [3.8, 4) is 0 Å². The molecule has 1 aromatic carbocycles. The molecule has 0 aliphatic carbocycles. The van der Waals surface area contributed by atoms with Gasteiger partial charge in [0, 0.05) is 19.7 Å². The van der Waals surface area contributed by atoms with Crippen LogP contribution in [0.4, 0.5) is 4.79 Å². The Kier molecular flexibility index (Phi) is 6.21. The first-order chi connectivity index (χ1) is 10.7. The molecule has 1 aliphatic heterocycles. The minimum Gasteiger partial charge on any atom is -0.481 e. The number of aliphatic carboxylic acids is 1. The van der Waals surface area contributed by atoms with E-state index in [2.05, 4.69) is 5.32 Å². The van der Waals surface area contributed by atoms with E-state index in [9.17, 15) is 9.59 Å². The van der Waals surface area contributed by atoms with E-state index < -0.39 is 5.97 Å². The molecule has 6 heteroatoms. The molecule has 0 bridgehead atoms. The molecule has 2 N–H and O–H groups in total. The predicted octanol–water partition coefficient (Wildman–Crippen LogP) is 1.50. The summed E-state index contributed by atoms with van der Waals surface area (Å²) in [6.07, 6.45) is 1.52. The van der Waals surface area contributed by atoms with E-state index in [1.807, 2.05) is 30.3 Å². The second-order valence-electron chi connectivity index (χ2n) is 5.32. The number of ether oxygens (including phenoxy) is 1. The molecule has 1 unspecified atom stereocenters. The standard InChI is InChI=1S/C16H22N2O4/c19-15(20)6-9-17-16(21)18(14-8-11-22-12-14)10-7-13-4-2-1-3-5-13/h1-5,14H,6-12H2,(H,17,21)(H,19,20). The van der Waals surface area contributed by atoms with Gasteiger partial charge in [-0.3, -0.25) is 4.79 Å². The van der Waals surface area contributed by atoms with Crippen molar-refractivity contribution in [3.05, 3.63) is 35.9 Å². The summed E-state index contributed by atoms with van der Waals surface area (Å²) in [5.74, 6) is -0.916. The third-order valence-corrected chi connectivity index (χ3v) is 3.71. The van der Waals surface area contributed by atoms with Gasteiger partial charge in [-0.25, -0.2) is 4.79 Å². The van der Waals surface area contributed by atoms with Gasteiger partial charge in [0.15, 0.2) is 0 Å². The van der Waals surface area contributed by atoms with E-state index >= 15 is 0 Å². The summed E-state index contributed by atoms with van der Waals surface area (Å²) in [5.41, 5.74) is 1.17. The first-order valence-corrected chi connectivity index (χ1v) is 7.55. The van der Waals surface area contributed by atoms with Crippen LogP contribution in [0.15, 0.2) is 30.3 Å². The Morgan fingerprint density at radius 1 is 1.32 bits per heavy atom. The van der Waals surface area contributed by atoms with Gasteiger partial charge >= 0.3 is 12.0 Å². The topological polar surface area (TPSA) is 78.9 Å². The Balaban J connectivity index is 1.90. The maximum atomic E-state index is 12.3. The number of carbonyl (C=O) groups is 2. The molecule has 1 fully saturated rings. The average molecular weight is 306 g/mol. The van der Waals surface area contributed by atoms with Crippen LogP contribution in [-0.4, -0.2) is 54.4 Å². The third-order valence-electron chi connectivity index (χ3n) is 3.71. The van der Waals surface area contributed by atoms with Crippen molar-refractivity contribution in [2.45, 2.75) is 25.3 Å². The van der Waals surface area contributed by atoms with Gasteiger partial charge in [0.25, 0.3) is 0 Å². The minimum atomic E-state index is -0.916. The fraction of sp³-hybridized carbons (Fsp3) is 0.500. The molecule has 2 amide bonds. The molecule has 22 heavy (non-hydrogen) atoms. The number of urea groups is 1. The summed E-state index contributed by atoms with van der Waals surface area (Å²) in [6.45, 7) is 1.94. The fourth-order valence-corrected chi connectivity index (χ4v) is 2.49. The van der Waals surface area contributed by atoms with Gasteiger partial charge in [0.1, 0.15) is 0 Å². The van der Waals surface area contributed by atoms with Crippen LogP contribution in [0.5, 0.6) is 0 Å². The van der Waals surface area contributed by atoms with Crippen molar-refractivity contribution in [2.24, 2.45) is 0 Å². The number of amides is 2. The smallest absolute Gasteiger partial charge is 0.317 e. The molecule has 6 nitrogen and oxygen atoms in total. The molecule has 120 valence electrons. The zero-order valence-electron chi connectivity index (χ0n) is 12.5. The molecule has 1 heterocycles. The Morgan fingerprint density at radius 2 is 2.09 bits per heavy atom. The van der Waals surface area contributed by atoms with E-state index in [4.69, 9.17) is 9.84 Å². The van der Waals surface area contributed by atoms with Crippen LogP contribution in [0.25, 0.3) is 0 Å². The number of carboxylic acids is 1. The first-order valence-electron chi connectivity index (χ1n) is 7.55. The first kappa shape index (κ1) is 16.3. The largest absolute Gasteiger partial charge is 0.481 e. The molecule has 0 radical (unpaired) electrons. The quantitative estimate of drug-likeness (QED) is 0.800. The molecular weight excluding hydrogens is 284 g/mol. The van der Waals surface area contributed by atoms with Crippen LogP contribution < -0.4 is 5.32 Å². The van der Waals surface area contributed by atoms with Gasteiger partial charge in [-0.2, -0.15) is 0 Å². The number of nitrogens with zero attached hydrogens (tertiary/aromatic N) is 1. The average Bonchev–Trinajstić information content (AvgIpc) is 3.02. The van der Waals surface area contributed by atoms with Crippen LogP contribution >= 0.6 is 0 Å². The Hall–Kier alpha value is -2.08. The second kappa shape index (κ2) is 8.38. The molecule has 1 atom stereocenters. The van der Waals surface area contributed by atoms with E-state index in [0.717, 1.165) is 12.8 Å². The number of hydrogen-bond donors (Lipinski definition) is 2. The van der Waals surface area contributed by atoms with E-state index in [1.165, 1.54) is 5.56 Å². The summed E-state index contributed by atoms with van der Waals surface area (Å²) in [6, 6.07) is 9.83. The molecular formula is C16H22N2O4. The van der Waals surface area contributed by atoms with E-state index in [1.54, 1.807) is 4.90 Å². The van der Waals surface area contributed by atoms with Crippen LogP contribution in [-0.2, 0) is 16.0 Å². The van der Waals surface area contributed by atoms with Crippen LogP contribution in [0.3, 0.4) is 0 Å². The summed E-state index contributed by atoms with van der Waals surface area (Å²) in [4.78, 5) is 24.6. The van der Waals surface area contributed by atoms with E-state index in [0.29, 0.717) is 19.8 Å².